The first-order chi connectivity index (χ1) is 10.1. The summed E-state index contributed by atoms with van der Waals surface area (Å²) < 4.78 is 1.73. The molecule has 2 rings (SSSR count). The average molecular weight is 286 g/mol. The molecule has 1 unspecified atom stereocenters. The van der Waals surface area contributed by atoms with Crippen LogP contribution in [0.3, 0.4) is 0 Å². The van der Waals surface area contributed by atoms with Crippen LogP contribution >= 0.6 is 0 Å². The minimum atomic E-state index is 0.0137. The fraction of sp³-hybridized carbons (Fsp3) is 0.375. The van der Waals surface area contributed by atoms with Gasteiger partial charge in [0.05, 0.1) is 11.9 Å². The molecule has 1 amide bonds. The average Bonchev–Trinajstić information content (AvgIpc) is 2.84. The Morgan fingerprint density at radius 3 is 2.81 bits per heavy atom. The number of amides is 1. The number of aromatic nitrogens is 2. The van der Waals surface area contributed by atoms with Crippen LogP contribution < -0.4 is 10.6 Å². The lowest BCUT2D eigenvalue weighted by Gasteiger charge is -2.14. The molecule has 0 aliphatic heterocycles. The third-order valence-electron chi connectivity index (χ3n) is 3.28. The Bertz CT molecular complexity index is 606. The van der Waals surface area contributed by atoms with Gasteiger partial charge >= 0.3 is 0 Å². The number of hydrogen-bond acceptors (Lipinski definition) is 3. The normalized spacial score (nSPS) is 12.0. The van der Waals surface area contributed by atoms with Crippen molar-refractivity contribution in [2.75, 3.05) is 10.6 Å². The van der Waals surface area contributed by atoms with Crippen LogP contribution in [0.15, 0.2) is 36.7 Å². The monoisotopic (exact) mass is 286 g/mol. The molecule has 0 aliphatic rings. The van der Waals surface area contributed by atoms with Crippen LogP contribution in [0.1, 0.15) is 25.8 Å². The molecule has 2 aromatic rings. The van der Waals surface area contributed by atoms with E-state index in [0.717, 1.165) is 23.4 Å². The quantitative estimate of drug-likeness (QED) is 0.858. The summed E-state index contributed by atoms with van der Waals surface area (Å²) in [7, 11) is 1.87. The van der Waals surface area contributed by atoms with Crippen LogP contribution in [0.25, 0.3) is 0 Å². The molecule has 2 N–H and O–H groups in total. The first-order valence-electron chi connectivity index (χ1n) is 7.21. The van der Waals surface area contributed by atoms with Gasteiger partial charge in [-0.15, -0.1) is 0 Å². The van der Waals surface area contributed by atoms with E-state index < -0.39 is 0 Å². The second-order valence-electron chi connectivity index (χ2n) is 5.21. The Hall–Kier alpha value is -2.30. The zero-order valence-electron chi connectivity index (χ0n) is 12.8. The summed E-state index contributed by atoms with van der Waals surface area (Å²) >= 11 is 0. The number of hydrogen-bond donors (Lipinski definition) is 2. The molecule has 112 valence electrons. The van der Waals surface area contributed by atoms with Gasteiger partial charge in [-0.2, -0.15) is 5.10 Å². The largest absolute Gasteiger partial charge is 0.380 e. The zero-order valence-corrected chi connectivity index (χ0v) is 12.8. The highest BCUT2D eigenvalue weighted by Crippen LogP contribution is 2.16. The standard InChI is InChI=1S/C16H22N4O/c1-4-13-7-5-6-8-15(13)19-16(21)9-12(2)18-14-10-17-20(3)11-14/h5-8,10-12,18H,4,9H2,1-3H3,(H,19,21). The van der Waals surface area contributed by atoms with E-state index in [0.29, 0.717) is 6.42 Å². The molecule has 1 aromatic heterocycles. The predicted octanol–water partition coefficient (Wildman–Crippen LogP) is 2.81. The Kier molecular flexibility index (Phi) is 4.98. The first kappa shape index (κ1) is 15.1. The van der Waals surface area contributed by atoms with Crippen LogP contribution in [0, 0.1) is 0 Å². The third-order valence-corrected chi connectivity index (χ3v) is 3.28. The van der Waals surface area contributed by atoms with Crippen molar-refractivity contribution in [2.45, 2.75) is 32.7 Å². The summed E-state index contributed by atoms with van der Waals surface area (Å²) in [5.74, 6) is 0.0137. The van der Waals surface area contributed by atoms with Crippen molar-refractivity contribution in [1.29, 1.82) is 0 Å². The molecule has 1 aromatic carbocycles. The molecule has 0 saturated carbocycles. The highest BCUT2D eigenvalue weighted by Gasteiger charge is 2.11. The van der Waals surface area contributed by atoms with Gasteiger partial charge in [-0.25, -0.2) is 0 Å². The predicted molar refractivity (Wildman–Crippen MR) is 85.4 cm³/mol. The van der Waals surface area contributed by atoms with Gasteiger partial charge in [-0.1, -0.05) is 25.1 Å². The fourth-order valence-corrected chi connectivity index (χ4v) is 2.26. The molecule has 21 heavy (non-hydrogen) atoms. The smallest absolute Gasteiger partial charge is 0.226 e. The van der Waals surface area contributed by atoms with Crippen LogP contribution in [0.4, 0.5) is 11.4 Å². The van der Waals surface area contributed by atoms with Gasteiger partial charge in [0.15, 0.2) is 0 Å². The van der Waals surface area contributed by atoms with Gasteiger partial charge < -0.3 is 10.6 Å². The summed E-state index contributed by atoms with van der Waals surface area (Å²) in [5.41, 5.74) is 2.98. The second kappa shape index (κ2) is 6.92. The maximum atomic E-state index is 12.1. The SMILES string of the molecule is CCc1ccccc1NC(=O)CC(C)Nc1cnn(C)c1. The Morgan fingerprint density at radius 2 is 2.14 bits per heavy atom. The van der Waals surface area contributed by atoms with E-state index in [1.54, 1.807) is 10.9 Å². The summed E-state index contributed by atoms with van der Waals surface area (Å²) in [6.45, 7) is 4.07. The van der Waals surface area contributed by atoms with Crippen molar-refractivity contribution in [3.05, 3.63) is 42.2 Å². The molecule has 0 radical (unpaired) electrons. The number of benzene rings is 1. The van der Waals surface area contributed by atoms with Gasteiger partial charge in [0.2, 0.25) is 5.91 Å². The number of carbonyl (C=O) groups excluding carboxylic acids is 1. The van der Waals surface area contributed by atoms with E-state index in [4.69, 9.17) is 0 Å². The zero-order chi connectivity index (χ0) is 15.2. The van der Waals surface area contributed by atoms with Gasteiger partial charge in [0, 0.05) is 31.4 Å². The van der Waals surface area contributed by atoms with Crippen LogP contribution in [-0.4, -0.2) is 21.7 Å². The second-order valence-corrected chi connectivity index (χ2v) is 5.21. The van der Waals surface area contributed by atoms with Gasteiger partial charge in [-0.3, -0.25) is 9.48 Å². The van der Waals surface area contributed by atoms with E-state index in [9.17, 15) is 4.79 Å². The fourth-order valence-electron chi connectivity index (χ4n) is 2.26. The molecule has 0 saturated heterocycles. The molecule has 5 heteroatoms. The first-order valence-corrected chi connectivity index (χ1v) is 7.21. The van der Waals surface area contributed by atoms with E-state index in [-0.39, 0.29) is 11.9 Å². The van der Waals surface area contributed by atoms with Crippen molar-refractivity contribution >= 4 is 17.3 Å². The van der Waals surface area contributed by atoms with Crippen molar-refractivity contribution < 1.29 is 4.79 Å². The van der Waals surface area contributed by atoms with Crippen molar-refractivity contribution in [2.24, 2.45) is 7.05 Å². The van der Waals surface area contributed by atoms with E-state index in [1.165, 1.54) is 0 Å². The minimum absolute atomic E-state index is 0.0137. The van der Waals surface area contributed by atoms with Gasteiger partial charge in [0.25, 0.3) is 0 Å². The van der Waals surface area contributed by atoms with E-state index in [2.05, 4.69) is 22.7 Å². The molecule has 5 nitrogen and oxygen atoms in total. The highest BCUT2D eigenvalue weighted by atomic mass is 16.1. The topological polar surface area (TPSA) is 59.0 Å². The number of aryl methyl sites for hydroxylation is 2. The molecule has 1 heterocycles. The molecule has 0 aliphatic carbocycles. The van der Waals surface area contributed by atoms with Crippen molar-refractivity contribution in [1.82, 2.24) is 9.78 Å². The van der Waals surface area contributed by atoms with E-state index >= 15 is 0 Å². The lowest BCUT2D eigenvalue weighted by molar-refractivity contribution is -0.116. The number of nitrogens with one attached hydrogen (secondary N) is 2. The highest BCUT2D eigenvalue weighted by molar-refractivity contribution is 5.92. The van der Waals surface area contributed by atoms with Crippen LogP contribution in [0.5, 0.6) is 0 Å². The molecule has 0 spiro atoms. The van der Waals surface area contributed by atoms with Gasteiger partial charge in [-0.05, 0) is 25.0 Å². The van der Waals surface area contributed by atoms with Crippen LogP contribution in [-0.2, 0) is 18.3 Å². The Morgan fingerprint density at radius 1 is 1.38 bits per heavy atom. The number of anilines is 2. The maximum absolute atomic E-state index is 12.1. The van der Waals surface area contributed by atoms with Gasteiger partial charge in [0.1, 0.15) is 0 Å². The third kappa shape index (κ3) is 4.34. The molecule has 1 atom stereocenters. The summed E-state index contributed by atoms with van der Waals surface area (Å²) in [6, 6.07) is 7.94. The minimum Gasteiger partial charge on any atom is -0.380 e. The summed E-state index contributed by atoms with van der Waals surface area (Å²) in [5, 5.41) is 10.3. The molecular weight excluding hydrogens is 264 g/mol. The number of rotatable bonds is 6. The number of para-hydroxylation sites is 1. The van der Waals surface area contributed by atoms with Crippen molar-refractivity contribution in [3.8, 4) is 0 Å². The lowest BCUT2D eigenvalue weighted by Crippen LogP contribution is -2.24. The van der Waals surface area contributed by atoms with Crippen molar-refractivity contribution in [3.63, 3.8) is 0 Å². The van der Waals surface area contributed by atoms with E-state index in [1.807, 2.05) is 44.4 Å². The number of carbonyl (C=O) groups is 1. The molecule has 0 bridgehead atoms. The lowest BCUT2D eigenvalue weighted by atomic mass is 10.1. The summed E-state index contributed by atoms with van der Waals surface area (Å²) in [4.78, 5) is 12.1. The molecule has 0 fully saturated rings. The van der Waals surface area contributed by atoms with Crippen LogP contribution in [0.2, 0.25) is 0 Å². The maximum Gasteiger partial charge on any atom is 0.226 e. The molecular formula is C16H22N4O. The number of nitrogens with zero attached hydrogens (tertiary/aromatic N) is 2. The summed E-state index contributed by atoms with van der Waals surface area (Å²) in [6.07, 6.45) is 4.95. The Balaban J connectivity index is 1.89. The Labute approximate surface area is 125 Å².